The standard InChI is InChI=1S/C14H18N2O3S2/c1-3-21(18,19)7-6-16-14(17)13-12(15)10-5-4-9(2)8-11(10)20-13/h4-5,8H,3,6-7,15H2,1-2H3,(H,16,17). The highest BCUT2D eigenvalue weighted by Crippen LogP contribution is 2.33. The summed E-state index contributed by atoms with van der Waals surface area (Å²) in [6.45, 7) is 3.66. The number of rotatable bonds is 5. The molecule has 1 aromatic heterocycles. The molecule has 0 bridgehead atoms. The average Bonchev–Trinajstić information content (AvgIpc) is 2.75. The van der Waals surface area contributed by atoms with Crippen molar-refractivity contribution in [3.8, 4) is 0 Å². The number of nitrogens with two attached hydrogens (primary N) is 1. The maximum atomic E-state index is 12.1. The minimum atomic E-state index is -3.08. The van der Waals surface area contributed by atoms with Crippen molar-refractivity contribution in [1.29, 1.82) is 0 Å². The van der Waals surface area contributed by atoms with Crippen LogP contribution >= 0.6 is 11.3 Å². The van der Waals surface area contributed by atoms with E-state index in [4.69, 9.17) is 5.73 Å². The fourth-order valence-electron chi connectivity index (χ4n) is 1.94. The molecule has 1 aromatic carbocycles. The van der Waals surface area contributed by atoms with Crippen molar-refractivity contribution in [2.75, 3.05) is 23.8 Å². The Kier molecular flexibility index (Phi) is 4.53. The first-order valence-electron chi connectivity index (χ1n) is 6.61. The van der Waals surface area contributed by atoms with Crippen LogP contribution in [0.1, 0.15) is 22.2 Å². The van der Waals surface area contributed by atoms with Gasteiger partial charge >= 0.3 is 0 Å². The molecule has 0 aliphatic rings. The Morgan fingerprint density at radius 1 is 1.38 bits per heavy atom. The van der Waals surface area contributed by atoms with Crippen LogP contribution in [-0.4, -0.2) is 32.4 Å². The van der Waals surface area contributed by atoms with Gasteiger partial charge in [0.05, 0.1) is 11.4 Å². The number of fused-ring (bicyclic) bond motifs is 1. The Morgan fingerprint density at radius 2 is 2.10 bits per heavy atom. The van der Waals surface area contributed by atoms with E-state index in [0.717, 1.165) is 15.6 Å². The van der Waals surface area contributed by atoms with Gasteiger partial charge in [0.2, 0.25) is 0 Å². The van der Waals surface area contributed by atoms with Crippen LogP contribution in [0.2, 0.25) is 0 Å². The molecule has 114 valence electrons. The number of amides is 1. The summed E-state index contributed by atoms with van der Waals surface area (Å²) in [5.41, 5.74) is 7.56. The van der Waals surface area contributed by atoms with Gasteiger partial charge in [-0.05, 0) is 18.6 Å². The Labute approximate surface area is 128 Å². The van der Waals surface area contributed by atoms with Gasteiger partial charge in [0.25, 0.3) is 5.91 Å². The molecule has 1 amide bonds. The molecule has 2 aromatic rings. The summed E-state index contributed by atoms with van der Waals surface area (Å²) < 4.78 is 23.7. The molecule has 0 aliphatic heterocycles. The number of carbonyl (C=O) groups is 1. The first-order valence-corrected chi connectivity index (χ1v) is 9.25. The third-order valence-electron chi connectivity index (χ3n) is 3.23. The zero-order chi connectivity index (χ0) is 15.6. The second-order valence-corrected chi connectivity index (χ2v) is 8.36. The number of nitrogens with one attached hydrogen (secondary N) is 1. The van der Waals surface area contributed by atoms with Gasteiger partial charge in [0.15, 0.2) is 9.84 Å². The van der Waals surface area contributed by atoms with Crippen LogP contribution in [0.3, 0.4) is 0 Å². The van der Waals surface area contributed by atoms with Crippen LogP contribution in [0.5, 0.6) is 0 Å². The highest BCUT2D eigenvalue weighted by atomic mass is 32.2. The lowest BCUT2D eigenvalue weighted by Gasteiger charge is -2.04. The molecule has 7 heteroatoms. The summed E-state index contributed by atoms with van der Waals surface area (Å²) in [4.78, 5) is 12.6. The molecule has 0 fully saturated rings. The van der Waals surface area contributed by atoms with Crippen LogP contribution in [0, 0.1) is 6.92 Å². The van der Waals surface area contributed by atoms with Gasteiger partial charge in [-0.3, -0.25) is 4.79 Å². The third kappa shape index (κ3) is 3.54. The third-order valence-corrected chi connectivity index (χ3v) is 6.10. The molecule has 0 spiro atoms. The van der Waals surface area contributed by atoms with E-state index in [1.165, 1.54) is 11.3 Å². The van der Waals surface area contributed by atoms with E-state index in [1.54, 1.807) is 6.92 Å². The second-order valence-electron chi connectivity index (χ2n) is 4.84. The second kappa shape index (κ2) is 6.03. The Hall–Kier alpha value is -1.60. The largest absolute Gasteiger partial charge is 0.397 e. The van der Waals surface area contributed by atoms with Gasteiger partial charge in [-0.15, -0.1) is 11.3 Å². The highest BCUT2D eigenvalue weighted by molar-refractivity contribution is 7.91. The van der Waals surface area contributed by atoms with Gasteiger partial charge in [-0.1, -0.05) is 19.1 Å². The number of thiophene rings is 1. The smallest absolute Gasteiger partial charge is 0.263 e. The molecule has 0 saturated heterocycles. The van der Waals surface area contributed by atoms with E-state index in [9.17, 15) is 13.2 Å². The Morgan fingerprint density at radius 3 is 2.76 bits per heavy atom. The van der Waals surface area contributed by atoms with Gasteiger partial charge < -0.3 is 11.1 Å². The number of benzene rings is 1. The molecule has 0 unspecified atom stereocenters. The van der Waals surface area contributed by atoms with E-state index in [1.807, 2.05) is 25.1 Å². The van der Waals surface area contributed by atoms with E-state index < -0.39 is 9.84 Å². The number of hydrogen-bond acceptors (Lipinski definition) is 5. The molecule has 1 heterocycles. The molecular weight excluding hydrogens is 308 g/mol. The molecule has 0 saturated carbocycles. The Bertz CT molecular complexity index is 779. The lowest BCUT2D eigenvalue weighted by atomic mass is 10.1. The molecule has 5 nitrogen and oxygen atoms in total. The summed E-state index contributed by atoms with van der Waals surface area (Å²) in [7, 11) is -3.08. The zero-order valence-corrected chi connectivity index (χ0v) is 13.6. The van der Waals surface area contributed by atoms with E-state index in [2.05, 4.69) is 5.32 Å². The quantitative estimate of drug-likeness (QED) is 0.879. The van der Waals surface area contributed by atoms with Crippen LogP contribution in [-0.2, 0) is 9.84 Å². The fraction of sp³-hybridized carbons (Fsp3) is 0.357. The van der Waals surface area contributed by atoms with Gasteiger partial charge in [0, 0.05) is 22.4 Å². The minimum absolute atomic E-state index is 0.0564. The summed E-state index contributed by atoms with van der Waals surface area (Å²) in [6.07, 6.45) is 0. The van der Waals surface area contributed by atoms with E-state index >= 15 is 0 Å². The summed E-state index contributed by atoms with van der Waals surface area (Å²) in [5.74, 6) is -0.301. The van der Waals surface area contributed by atoms with Crippen LogP contribution in [0.15, 0.2) is 18.2 Å². The number of hydrogen-bond donors (Lipinski definition) is 2. The molecule has 21 heavy (non-hydrogen) atoms. The van der Waals surface area contributed by atoms with Gasteiger partial charge in [0.1, 0.15) is 4.88 Å². The molecular formula is C14H18N2O3S2. The van der Waals surface area contributed by atoms with Crippen molar-refractivity contribution >= 4 is 42.9 Å². The lowest BCUT2D eigenvalue weighted by molar-refractivity contribution is 0.0961. The minimum Gasteiger partial charge on any atom is -0.397 e. The monoisotopic (exact) mass is 326 g/mol. The van der Waals surface area contributed by atoms with Crippen LogP contribution in [0.4, 0.5) is 5.69 Å². The predicted molar refractivity (Wildman–Crippen MR) is 87.6 cm³/mol. The SMILES string of the molecule is CCS(=O)(=O)CCNC(=O)c1sc2cc(C)ccc2c1N. The van der Waals surface area contributed by atoms with Crippen molar-refractivity contribution in [2.45, 2.75) is 13.8 Å². The van der Waals surface area contributed by atoms with Crippen LogP contribution < -0.4 is 11.1 Å². The number of anilines is 1. The number of nitrogen functional groups attached to an aromatic ring is 1. The zero-order valence-electron chi connectivity index (χ0n) is 12.0. The maximum absolute atomic E-state index is 12.1. The van der Waals surface area contributed by atoms with Crippen molar-refractivity contribution in [3.05, 3.63) is 28.6 Å². The Balaban J connectivity index is 2.15. The van der Waals surface area contributed by atoms with E-state index in [-0.39, 0.29) is 24.0 Å². The fourth-order valence-corrected chi connectivity index (χ4v) is 3.78. The first-order chi connectivity index (χ1) is 9.84. The number of aryl methyl sites for hydroxylation is 1. The first kappa shape index (κ1) is 15.8. The van der Waals surface area contributed by atoms with Crippen molar-refractivity contribution in [2.24, 2.45) is 0 Å². The topological polar surface area (TPSA) is 89.3 Å². The number of sulfone groups is 1. The van der Waals surface area contributed by atoms with Gasteiger partial charge in [-0.2, -0.15) is 0 Å². The van der Waals surface area contributed by atoms with Crippen molar-refractivity contribution in [3.63, 3.8) is 0 Å². The molecule has 0 aliphatic carbocycles. The molecule has 3 N–H and O–H groups in total. The van der Waals surface area contributed by atoms with E-state index in [0.29, 0.717) is 10.6 Å². The normalized spacial score (nSPS) is 11.7. The van der Waals surface area contributed by atoms with Crippen LogP contribution in [0.25, 0.3) is 10.1 Å². The summed E-state index contributed by atoms with van der Waals surface area (Å²) in [6, 6.07) is 5.82. The average molecular weight is 326 g/mol. The number of carbonyl (C=O) groups excluding carboxylic acids is 1. The summed E-state index contributed by atoms with van der Waals surface area (Å²) >= 11 is 1.32. The summed E-state index contributed by atoms with van der Waals surface area (Å²) in [5, 5.41) is 3.48. The van der Waals surface area contributed by atoms with Gasteiger partial charge in [-0.25, -0.2) is 8.42 Å². The molecule has 0 atom stereocenters. The molecule has 2 rings (SSSR count). The highest BCUT2D eigenvalue weighted by Gasteiger charge is 2.17. The lowest BCUT2D eigenvalue weighted by Crippen LogP contribution is -2.29. The molecule has 0 radical (unpaired) electrons. The predicted octanol–water partition coefficient (Wildman–Crippen LogP) is 1.96. The van der Waals surface area contributed by atoms with Crippen molar-refractivity contribution < 1.29 is 13.2 Å². The van der Waals surface area contributed by atoms with Crippen molar-refractivity contribution in [1.82, 2.24) is 5.32 Å². The maximum Gasteiger partial charge on any atom is 0.263 e.